The van der Waals surface area contributed by atoms with Crippen LogP contribution < -0.4 is 20.1 Å². The molecule has 0 fully saturated rings. The number of nitrogens with zero attached hydrogens (tertiary/aromatic N) is 3. The Kier molecular flexibility index (Phi) is 5.37. The molecule has 2 aromatic carbocycles. The summed E-state index contributed by atoms with van der Waals surface area (Å²) in [6, 6.07) is 12.6. The Morgan fingerprint density at radius 1 is 1.14 bits per heavy atom. The molecule has 0 aliphatic carbocycles. The summed E-state index contributed by atoms with van der Waals surface area (Å²) in [5, 5.41) is 14.2. The van der Waals surface area contributed by atoms with Gasteiger partial charge in [0, 0.05) is 12.2 Å². The van der Waals surface area contributed by atoms with Crippen LogP contribution in [0.15, 0.2) is 48.7 Å². The quantitative estimate of drug-likeness (QED) is 0.585. The zero-order valence-corrected chi connectivity index (χ0v) is 15.7. The van der Waals surface area contributed by atoms with Crippen LogP contribution in [0.3, 0.4) is 0 Å². The van der Waals surface area contributed by atoms with E-state index < -0.39 is 0 Å². The van der Waals surface area contributed by atoms with Crippen LogP contribution in [-0.2, 0) is 11.3 Å². The van der Waals surface area contributed by atoms with E-state index in [0.29, 0.717) is 30.5 Å². The molecule has 2 N–H and O–H groups in total. The van der Waals surface area contributed by atoms with E-state index in [1.165, 1.54) is 0 Å². The predicted molar refractivity (Wildman–Crippen MR) is 105 cm³/mol. The Hall–Kier alpha value is -3.88. The average molecular weight is 393 g/mol. The van der Waals surface area contributed by atoms with E-state index in [4.69, 9.17) is 14.2 Å². The van der Waals surface area contributed by atoms with Crippen LogP contribution in [0.1, 0.15) is 22.8 Å². The first-order valence-electron chi connectivity index (χ1n) is 9.07. The minimum atomic E-state index is -0.355. The second-order valence-electron chi connectivity index (χ2n) is 6.13. The first kappa shape index (κ1) is 18.5. The molecule has 1 aliphatic heterocycles. The van der Waals surface area contributed by atoms with Crippen molar-refractivity contribution in [3.05, 3.63) is 59.8 Å². The minimum Gasteiger partial charge on any atom is -0.462 e. The molecule has 0 spiro atoms. The van der Waals surface area contributed by atoms with E-state index in [1.54, 1.807) is 37.4 Å². The van der Waals surface area contributed by atoms with E-state index in [2.05, 4.69) is 25.8 Å². The molecule has 0 saturated heterocycles. The number of ether oxygens (including phenoxy) is 3. The summed E-state index contributed by atoms with van der Waals surface area (Å²) in [5.74, 6) is 2.04. The van der Waals surface area contributed by atoms with Crippen LogP contribution in [-0.4, -0.2) is 34.6 Å². The number of hydrogen-bond donors (Lipinski definition) is 2. The lowest BCUT2D eigenvalue weighted by molar-refractivity contribution is 0.0526. The zero-order chi connectivity index (χ0) is 20.1. The highest BCUT2D eigenvalue weighted by atomic mass is 16.7. The number of nitrogens with one attached hydrogen (secondary N) is 2. The molecule has 0 unspecified atom stereocenters. The van der Waals surface area contributed by atoms with Crippen LogP contribution >= 0.6 is 0 Å². The van der Waals surface area contributed by atoms with E-state index in [-0.39, 0.29) is 12.8 Å². The maximum Gasteiger partial charge on any atom is 0.338 e. The second kappa shape index (κ2) is 8.42. The molecular formula is C20H19N5O4. The third kappa shape index (κ3) is 4.52. The van der Waals surface area contributed by atoms with Crippen molar-refractivity contribution in [2.75, 3.05) is 24.0 Å². The van der Waals surface area contributed by atoms with E-state index in [1.807, 2.05) is 18.2 Å². The van der Waals surface area contributed by atoms with Crippen molar-refractivity contribution in [2.24, 2.45) is 0 Å². The van der Waals surface area contributed by atoms with Crippen molar-refractivity contribution >= 4 is 23.4 Å². The predicted octanol–water partition coefficient (Wildman–Crippen LogP) is 3.13. The van der Waals surface area contributed by atoms with Crippen molar-refractivity contribution in [1.82, 2.24) is 15.2 Å². The monoisotopic (exact) mass is 393 g/mol. The third-order valence-electron chi connectivity index (χ3n) is 4.12. The summed E-state index contributed by atoms with van der Waals surface area (Å²) in [7, 11) is 0. The molecule has 3 aromatic rings. The fraction of sp³-hybridized carbons (Fsp3) is 0.200. The van der Waals surface area contributed by atoms with Crippen molar-refractivity contribution in [2.45, 2.75) is 13.5 Å². The standard InChI is InChI=1S/C20H19N5O4/c1-2-27-19(26)14-4-6-15(7-5-14)23-20-24-18(11-22-25-20)21-10-13-3-8-16-17(9-13)29-12-28-16/h3-9,11H,2,10,12H2,1H3,(H2,21,23,24,25). The topological polar surface area (TPSA) is 107 Å². The normalized spacial score (nSPS) is 11.8. The molecule has 0 bridgehead atoms. The summed E-state index contributed by atoms with van der Waals surface area (Å²) in [4.78, 5) is 16.1. The largest absolute Gasteiger partial charge is 0.462 e. The van der Waals surface area contributed by atoms with Crippen LogP contribution in [0.4, 0.5) is 17.5 Å². The highest BCUT2D eigenvalue weighted by molar-refractivity contribution is 5.89. The van der Waals surface area contributed by atoms with E-state index >= 15 is 0 Å². The number of carbonyl (C=O) groups is 1. The number of hydrogen-bond acceptors (Lipinski definition) is 9. The molecule has 1 aromatic heterocycles. The van der Waals surface area contributed by atoms with Gasteiger partial charge in [-0.05, 0) is 48.9 Å². The van der Waals surface area contributed by atoms with Crippen molar-refractivity contribution < 1.29 is 19.0 Å². The maximum atomic E-state index is 11.7. The van der Waals surface area contributed by atoms with Gasteiger partial charge in [0.25, 0.3) is 0 Å². The molecule has 148 valence electrons. The van der Waals surface area contributed by atoms with Crippen LogP contribution in [0.2, 0.25) is 0 Å². The van der Waals surface area contributed by atoms with Crippen LogP contribution in [0, 0.1) is 0 Å². The Balaban J connectivity index is 1.38. The van der Waals surface area contributed by atoms with Gasteiger partial charge in [0.2, 0.25) is 12.7 Å². The fourth-order valence-electron chi connectivity index (χ4n) is 2.72. The Bertz CT molecular complexity index is 1010. The van der Waals surface area contributed by atoms with Gasteiger partial charge in [0.1, 0.15) is 0 Å². The number of aromatic nitrogens is 3. The summed E-state index contributed by atoms with van der Waals surface area (Å²) < 4.78 is 15.7. The molecule has 0 radical (unpaired) electrons. The Labute approximate surface area is 167 Å². The second-order valence-corrected chi connectivity index (χ2v) is 6.13. The molecule has 4 rings (SSSR count). The molecule has 1 aliphatic rings. The highest BCUT2D eigenvalue weighted by Gasteiger charge is 2.13. The maximum absolute atomic E-state index is 11.7. The van der Waals surface area contributed by atoms with Gasteiger partial charge in [-0.1, -0.05) is 6.07 Å². The lowest BCUT2D eigenvalue weighted by Gasteiger charge is -2.09. The number of benzene rings is 2. The number of fused-ring (bicyclic) bond motifs is 1. The molecule has 0 saturated carbocycles. The molecule has 0 atom stereocenters. The first-order chi connectivity index (χ1) is 14.2. The fourth-order valence-corrected chi connectivity index (χ4v) is 2.72. The van der Waals surface area contributed by atoms with Gasteiger partial charge in [-0.25, -0.2) is 4.79 Å². The van der Waals surface area contributed by atoms with Crippen molar-refractivity contribution in [3.63, 3.8) is 0 Å². The smallest absolute Gasteiger partial charge is 0.338 e. The number of carbonyl (C=O) groups excluding carboxylic acids is 1. The summed E-state index contributed by atoms with van der Waals surface area (Å²) in [6.45, 7) is 2.90. The zero-order valence-electron chi connectivity index (χ0n) is 15.7. The Morgan fingerprint density at radius 2 is 1.97 bits per heavy atom. The summed E-state index contributed by atoms with van der Waals surface area (Å²) in [6.07, 6.45) is 1.54. The lowest BCUT2D eigenvalue weighted by Crippen LogP contribution is -2.06. The van der Waals surface area contributed by atoms with Gasteiger partial charge in [0.15, 0.2) is 17.3 Å². The molecule has 0 amide bonds. The summed E-state index contributed by atoms with van der Waals surface area (Å²) in [5.41, 5.74) is 2.24. The third-order valence-corrected chi connectivity index (χ3v) is 4.12. The number of rotatable bonds is 7. The van der Waals surface area contributed by atoms with Crippen LogP contribution in [0.5, 0.6) is 11.5 Å². The molecule has 29 heavy (non-hydrogen) atoms. The van der Waals surface area contributed by atoms with Crippen molar-refractivity contribution in [3.8, 4) is 11.5 Å². The Morgan fingerprint density at radius 3 is 2.79 bits per heavy atom. The average Bonchev–Trinajstić information content (AvgIpc) is 3.21. The van der Waals surface area contributed by atoms with Gasteiger partial charge in [-0.2, -0.15) is 10.1 Å². The molecular weight excluding hydrogens is 374 g/mol. The molecule has 2 heterocycles. The minimum absolute atomic E-state index is 0.248. The number of esters is 1. The highest BCUT2D eigenvalue weighted by Crippen LogP contribution is 2.32. The number of anilines is 3. The SMILES string of the molecule is CCOC(=O)c1ccc(Nc2nncc(NCc3ccc4c(c3)OCO4)n2)cc1. The van der Waals surface area contributed by atoms with Crippen molar-refractivity contribution in [1.29, 1.82) is 0 Å². The van der Waals surface area contributed by atoms with E-state index in [0.717, 1.165) is 22.7 Å². The lowest BCUT2D eigenvalue weighted by atomic mass is 10.2. The van der Waals surface area contributed by atoms with Crippen LogP contribution in [0.25, 0.3) is 0 Å². The van der Waals surface area contributed by atoms with Gasteiger partial charge >= 0.3 is 5.97 Å². The molecule has 9 nitrogen and oxygen atoms in total. The van der Waals surface area contributed by atoms with E-state index in [9.17, 15) is 4.79 Å². The van der Waals surface area contributed by atoms with Gasteiger partial charge < -0.3 is 24.8 Å². The summed E-state index contributed by atoms with van der Waals surface area (Å²) >= 11 is 0. The first-order valence-corrected chi connectivity index (χ1v) is 9.07. The molecule has 9 heteroatoms. The van der Waals surface area contributed by atoms with Gasteiger partial charge in [-0.3, -0.25) is 0 Å². The van der Waals surface area contributed by atoms with Gasteiger partial charge in [0.05, 0.1) is 18.4 Å². The van der Waals surface area contributed by atoms with Gasteiger partial charge in [-0.15, -0.1) is 5.10 Å².